The first kappa shape index (κ1) is 10.4. The highest BCUT2D eigenvalue weighted by Gasteiger charge is 1.97. The summed E-state index contributed by atoms with van der Waals surface area (Å²) >= 11 is 0. The third-order valence-corrected chi connectivity index (χ3v) is 1.61. The van der Waals surface area contributed by atoms with Crippen LogP contribution in [0.3, 0.4) is 0 Å². The van der Waals surface area contributed by atoms with E-state index in [0.717, 1.165) is 24.8 Å². The fraction of sp³-hybridized carbons (Fsp3) is 0.875. The molecule has 0 saturated carbocycles. The first-order valence-electron chi connectivity index (χ1n) is 4.20. The minimum atomic E-state index is -0.499. The van der Waals surface area contributed by atoms with Crippen LogP contribution in [-0.2, 0) is 4.79 Å². The standard InChI is InChI=1S/C8H16FNO/c1-2-3-4-5-6-7-8(11)10-9/h2-7H2,1H3,(H,10,11). The van der Waals surface area contributed by atoms with Gasteiger partial charge < -0.3 is 0 Å². The highest BCUT2D eigenvalue weighted by Crippen LogP contribution is 2.04. The Balaban J connectivity index is 2.95. The molecule has 0 atom stereocenters. The van der Waals surface area contributed by atoms with Crippen LogP contribution < -0.4 is 5.54 Å². The van der Waals surface area contributed by atoms with Gasteiger partial charge in [0.15, 0.2) is 0 Å². The predicted octanol–water partition coefficient (Wildman–Crippen LogP) is 2.35. The molecule has 0 unspecified atom stereocenters. The third-order valence-electron chi connectivity index (χ3n) is 1.61. The van der Waals surface area contributed by atoms with Gasteiger partial charge in [-0.2, -0.15) is 5.54 Å². The van der Waals surface area contributed by atoms with Crippen molar-refractivity contribution >= 4 is 5.91 Å². The van der Waals surface area contributed by atoms with Gasteiger partial charge in [-0.25, -0.2) is 0 Å². The van der Waals surface area contributed by atoms with Crippen LogP contribution >= 0.6 is 0 Å². The molecule has 1 amide bonds. The van der Waals surface area contributed by atoms with Gasteiger partial charge in [-0.1, -0.05) is 32.6 Å². The lowest BCUT2D eigenvalue weighted by Gasteiger charge is -1.97. The van der Waals surface area contributed by atoms with E-state index < -0.39 is 5.91 Å². The summed E-state index contributed by atoms with van der Waals surface area (Å²) < 4.78 is 11.4. The summed E-state index contributed by atoms with van der Waals surface area (Å²) in [5, 5.41) is 0. The summed E-state index contributed by atoms with van der Waals surface area (Å²) in [7, 11) is 0. The van der Waals surface area contributed by atoms with Crippen LogP contribution in [0, 0.1) is 0 Å². The first-order valence-corrected chi connectivity index (χ1v) is 4.20. The van der Waals surface area contributed by atoms with E-state index in [-0.39, 0.29) is 0 Å². The predicted molar refractivity (Wildman–Crippen MR) is 42.6 cm³/mol. The lowest BCUT2D eigenvalue weighted by atomic mass is 10.1. The van der Waals surface area contributed by atoms with Gasteiger partial charge in [-0.15, -0.1) is 4.48 Å². The van der Waals surface area contributed by atoms with Crippen LogP contribution in [-0.4, -0.2) is 5.91 Å². The number of hydrogen-bond donors (Lipinski definition) is 1. The van der Waals surface area contributed by atoms with Crippen molar-refractivity contribution in [1.29, 1.82) is 0 Å². The van der Waals surface area contributed by atoms with Crippen molar-refractivity contribution in [3.8, 4) is 0 Å². The second kappa shape index (κ2) is 7.51. The van der Waals surface area contributed by atoms with E-state index in [1.165, 1.54) is 12.8 Å². The van der Waals surface area contributed by atoms with E-state index in [4.69, 9.17) is 0 Å². The lowest BCUT2D eigenvalue weighted by molar-refractivity contribution is -0.125. The molecule has 2 nitrogen and oxygen atoms in total. The smallest absolute Gasteiger partial charge is 0.247 e. The van der Waals surface area contributed by atoms with Gasteiger partial charge in [-0.3, -0.25) is 4.79 Å². The largest absolute Gasteiger partial charge is 0.273 e. The fourth-order valence-corrected chi connectivity index (χ4v) is 0.936. The van der Waals surface area contributed by atoms with Gasteiger partial charge in [0.25, 0.3) is 0 Å². The van der Waals surface area contributed by atoms with E-state index in [2.05, 4.69) is 6.92 Å². The summed E-state index contributed by atoms with van der Waals surface area (Å²) in [5.74, 6) is -0.499. The Bertz CT molecular complexity index is 106. The average Bonchev–Trinajstić information content (AvgIpc) is 2.04. The maximum absolute atomic E-state index is 11.4. The minimum Gasteiger partial charge on any atom is -0.273 e. The van der Waals surface area contributed by atoms with Gasteiger partial charge in [0.05, 0.1) is 0 Å². The number of nitrogens with one attached hydrogen (secondary N) is 1. The zero-order valence-corrected chi connectivity index (χ0v) is 7.03. The molecule has 0 radical (unpaired) electrons. The molecule has 0 saturated heterocycles. The topological polar surface area (TPSA) is 29.1 Å². The number of halogens is 1. The number of carbonyl (C=O) groups is 1. The second-order valence-electron chi connectivity index (χ2n) is 2.68. The number of unbranched alkanes of at least 4 members (excludes halogenated alkanes) is 4. The molecule has 0 aliphatic carbocycles. The van der Waals surface area contributed by atoms with Crippen molar-refractivity contribution < 1.29 is 9.28 Å². The molecule has 0 aliphatic heterocycles. The van der Waals surface area contributed by atoms with Crippen molar-refractivity contribution in [1.82, 2.24) is 5.54 Å². The zero-order valence-electron chi connectivity index (χ0n) is 7.03. The van der Waals surface area contributed by atoms with Crippen LogP contribution in [0.15, 0.2) is 0 Å². The number of amides is 1. The summed E-state index contributed by atoms with van der Waals surface area (Å²) in [6.45, 7) is 2.13. The molecule has 1 N–H and O–H groups in total. The van der Waals surface area contributed by atoms with Crippen LogP contribution in [0.4, 0.5) is 4.48 Å². The molecule has 0 aromatic carbocycles. The normalized spacial score (nSPS) is 9.64. The van der Waals surface area contributed by atoms with E-state index in [1.54, 1.807) is 0 Å². The number of hydrogen-bond acceptors (Lipinski definition) is 1. The maximum atomic E-state index is 11.4. The van der Waals surface area contributed by atoms with Crippen molar-refractivity contribution in [3.63, 3.8) is 0 Å². The minimum absolute atomic E-state index is 0.320. The molecule has 0 spiro atoms. The second-order valence-corrected chi connectivity index (χ2v) is 2.68. The van der Waals surface area contributed by atoms with E-state index in [9.17, 15) is 9.28 Å². The Kier molecular flexibility index (Phi) is 7.10. The fourth-order valence-electron chi connectivity index (χ4n) is 0.936. The molecule has 0 fully saturated rings. The SMILES string of the molecule is CCCCCCCC(=O)NF. The molecule has 66 valence electrons. The molecule has 0 aromatic heterocycles. The first-order chi connectivity index (χ1) is 5.31. The maximum Gasteiger partial charge on any atom is 0.247 e. The van der Waals surface area contributed by atoms with E-state index >= 15 is 0 Å². The van der Waals surface area contributed by atoms with Gasteiger partial charge in [0.1, 0.15) is 0 Å². The molecule has 0 aliphatic rings. The molecule has 3 heteroatoms. The molecular weight excluding hydrogens is 145 g/mol. The summed E-state index contributed by atoms with van der Waals surface area (Å²) in [6, 6.07) is 0. The third kappa shape index (κ3) is 7.30. The quantitative estimate of drug-likeness (QED) is 0.470. The average molecular weight is 161 g/mol. The molecule has 0 heterocycles. The molecule has 0 aromatic rings. The van der Waals surface area contributed by atoms with Crippen molar-refractivity contribution in [2.45, 2.75) is 45.4 Å². The Hall–Kier alpha value is -0.600. The molecule has 11 heavy (non-hydrogen) atoms. The van der Waals surface area contributed by atoms with Crippen molar-refractivity contribution in [2.75, 3.05) is 0 Å². The Morgan fingerprint density at radius 3 is 2.45 bits per heavy atom. The van der Waals surface area contributed by atoms with Crippen LogP contribution in [0.1, 0.15) is 45.4 Å². The highest BCUT2D eigenvalue weighted by molar-refractivity contribution is 5.74. The zero-order chi connectivity index (χ0) is 8.53. The summed E-state index contributed by atoms with van der Waals surface area (Å²) in [4.78, 5) is 10.4. The van der Waals surface area contributed by atoms with Gasteiger partial charge >= 0.3 is 0 Å². The lowest BCUT2D eigenvalue weighted by Crippen LogP contribution is -2.12. The summed E-state index contributed by atoms with van der Waals surface area (Å²) in [6.07, 6.45) is 5.69. The Labute approximate surface area is 67.1 Å². The molecular formula is C8H16FNO. The van der Waals surface area contributed by atoms with Crippen molar-refractivity contribution in [2.24, 2.45) is 0 Å². The monoisotopic (exact) mass is 161 g/mol. The Morgan fingerprint density at radius 1 is 1.27 bits per heavy atom. The van der Waals surface area contributed by atoms with Gasteiger partial charge in [0, 0.05) is 6.42 Å². The van der Waals surface area contributed by atoms with Gasteiger partial charge in [-0.05, 0) is 6.42 Å². The van der Waals surface area contributed by atoms with E-state index in [1.807, 2.05) is 0 Å². The number of carbonyl (C=O) groups excluding carboxylic acids is 1. The van der Waals surface area contributed by atoms with E-state index in [0.29, 0.717) is 6.42 Å². The summed E-state index contributed by atoms with van der Waals surface area (Å²) in [5.41, 5.74) is 1.12. The van der Waals surface area contributed by atoms with Gasteiger partial charge in [0.2, 0.25) is 5.91 Å². The highest BCUT2D eigenvalue weighted by atomic mass is 19.2. The van der Waals surface area contributed by atoms with Crippen LogP contribution in [0.2, 0.25) is 0 Å². The van der Waals surface area contributed by atoms with Crippen LogP contribution in [0.5, 0.6) is 0 Å². The van der Waals surface area contributed by atoms with Crippen molar-refractivity contribution in [3.05, 3.63) is 0 Å². The number of rotatable bonds is 6. The van der Waals surface area contributed by atoms with Crippen LogP contribution in [0.25, 0.3) is 0 Å². The Morgan fingerprint density at radius 2 is 1.91 bits per heavy atom. The molecule has 0 rings (SSSR count). The molecule has 0 bridgehead atoms.